The zero-order chi connectivity index (χ0) is 15.6. The summed E-state index contributed by atoms with van der Waals surface area (Å²) in [6.07, 6.45) is -0.980. The summed E-state index contributed by atoms with van der Waals surface area (Å²) in [6, 6.07) is 7.96. The molecular weight excluding hydrogens is 358 g/mol. The van der Waals surface area contributed by atoms with Gasteiger partial charge in [0.25, 0.3) is 0 Å². The van der Waals surface area contributed by atoms with Crippen molar-refractivity contribution in [3.05, 3.63) is 56.0 Å². The minimum Gasteiger partial charge on any atom is -0.393 e. The highest BCUT2D eigenvalue weighted by Gasteiger charge is 2.17. The first-order valence-corrected chi connectivity index (χ1v) is 7.19. The van der Waals surface area contributed by atoms with Crippen LogP contribution in [0.3, 0.4) is 0 Å². The number of para-hydroxylation sites is 1. The molecule has 0 aliphatic rings. The summed E-state index contributed by atoms with van der Waals surface area (Å²) in [6.45, 7) is 1.75. The number of aryl methyl sites for hydroxylation is 1. The fraction of sp³-hybridized carbons (Fsp3) is 0.0714. The Kier molecular flexibility index (Phi) is 5.22. The Morgan fingerprint density at radius 2 is 1.62 bits per heavy atom. The molecule has 0 radical (unpaired) electrons. The van der Waals surface area contributed by atoms with Crippen LogP contribution in [0, 0.1) is 6.92 Å². The summed E-state index contributed by atoms with van der Waals surface area (Å²) in [5.74, 6) is 0.265. The fourth-order valence-corrected chi connectivity index (χ4v) is 2.35. The van der Waals surface area contributed by atoms with Gasteiger partial charge in [0.2, 0.25) is 0 Å². The molecular formula is C14H8Cl4O3. The van der Waals surface area contributed by atoms with Crippen molar-refractivity contribution in [2.24, 2.45) is 0 Å². The number of carbonyl (C=O) groups excluding carboxylic acids is 1. The average molecular weight is 366 g/mol. The van der Waals surface area contributed by atoms with Crippen LogP contribution >= 0.6 is 46.4 Å². The molecule has 0 spiro atoms. The second kappa shape index (κ2) is 6.75. The van der Waals surface area contributed by atoms with Crippen LogP contribution in [-0.2, 0) is 0 Å². The maximum absolute atomic E-state index is 11.8. The Morgan fingerprint density at radius 1 is 0.905 bits per heavy atom. The summed E-state index contributed by atoms with van der Waals surface area (Å²) in [5, 5.41) is 0.672. The SMILES string of the molecule is Cc1cccc(Cl)c1OC(=O)Oc1ccc(Cl)c(Cl)c1Cl. The first-order chi connectivity index (χ1) is 9.90. The van der Waals surface area contributed by atoms with E-state index in [1.54, 1.807) is 25.1 Å². The van der Waals surface area contributed by atoms with Crippen LogP contribution < -0.4 is 9.47 Å². The van der Waals surface area contributed by atoms with Gasteiger partial charge in [-0.2, -0.15) is 0 Å². The van der Waals surface area contributed by atoms with Gasteiger partial charge in [-0.15, -0.1) is 0 Å². The van der Waals surface area contributed by atoms with Crippen molar-refractivity contribution in [1.29, 1.82) is 0 Å². The van der Waals surface area contributed by atoms with E-state index in [9.17, 15) is 4.79 Å². The third-order valence-corrected chi connectivity index (χ3v) is 4.12. The summed E-state index contributed by atoms with van der Waals surface area (Å²) < 4.78 is 10.1. The lowest BCUT2D eigenvalue weighted by Crippen LogP contribution is -2.15. The predicted octanol–water partition coefficient (Wildman–Crippen LogP) is 6.19. The lowest BCUT2D eigenvalue weighted by atomic mass is 10.2. The predicted molar refractivity (Wildman–Crippen MR) is 84.3 cm³/mol. The molecule has 0 N–H and O–H groups in total. The molecule has 0 aliphatic carbocycles. The number of benzene rings is 2. The fourth-order valence-electron chi connectivity index (χ4n) is 1.53. The molecule has 0 aromatic heterocycles. The molecule has 0 bridgehead atoms. The van der Waals surface area contributed by atoms with Crippen LogP contribution in [0.1, 0.15) is 5.56 Å². The highest BCUT2D eigenvalue weighted by atomic mass is 35.5. The molecule has 7 heteroatoms. The Morgan fingerprint density at radius 3 is 2.29 bits per heavy atom. The second-order valence-corrected chi connectivity index (χ2v) is 5.58. The van der Waals surface area contributed by atoms with Gasteiger partial charge in [-0.05, 0) is 30.7 Å². The average Bonchev–Trinajstić information content (AvgIpc) is 2.44. The van der Waals surface area contributed by atoms with Gasteiger partial charge >= 0.3 is 6.16 Å². The molecule has 0 saturated carbocycles. The molecule has 2 aromatic rings. The monoisotopic (exact) mass is 364 g/mol. The lowest BCUT2D eigenvalue weighted by molar-refractivity contribution is 0.151. The van der Waals surface area contributed by atoms with Crippen molar-refractivity contribution in [2.75, 3.05) is 0 Å². The van der Waals surface area contributed by atoms with E-state index in [4.69, 9.17) is 55.9 Å². The van der Waals surface area contributed by atoms with Crippen molar-refractivity contribution in [2.45, 2.75) is 6.92 Å². The van der Waals surface area contributed by atoms with Crippen LogP contribution in [0.25, 0.3) is 0 Å². The Bertz CT molecular complexity index is 681. The van der Waals surface area contributed by atoms with Gasteiger partial charge in [-0.25, -0.2) is 4.79 Å². The lowest BCUT2D eigenvalue weighted by Gasteiger charge is -2.10. The van der Waals surface area contributed by atoms with Crippen molar-refractivity contribution < 1.29 is 14.3 Å². The zero-order valence-electron chi connectivity index (χ0n) is 10.6. The number of ether oxygens (including phenoxy) is 2. The van der Waals surface area contributed by atoms with Crippen LogP contribution in [0.5, 0.6) is 11.5 Å². The van der Waals surface area contributed by atoms with Crippen LogP contribution in [0.4, 0.5) is 4.79 Å². The number of hydrogen-bond acceptors (Lipinski definition) is 3. The third kappa shape index (κ3) is 3.74. The normalized spacial score (nSPS) is 10.3. The molecule has 0 heterocycles. The third-order valence-electron chi connectivity index (χ3n) is 2.54. The van der Waals surface area contributed by atoms with Crippen molar-refractivity contribution >= 4 is 52.6 Å². The quantitative estimate of drug-likeness (QED) is 0.361. The highest BCUT2D eigenvalue weighted by molar-refractivity contribution is 6.48. The number of halogens is 4. The Balaban J connectivity index is 2.18. The summed E-state index contributed by atoms with van der Waals surface area (Å²) in [4.78, 5) is 11.8. The Hall–Kier alpha value is -1.13. The van der Waals surface area contributed by atoms with E-state index in [0.29, 0.717) is 10.6 Å². The number of hydrogen-bond donors (Lipinski definition) is 0. The van der Waals surface area contributed by atoms with E-state index in [-0.39, 0.29) is 26.6 Å². The second-order valence-electron chi connectivity index (χ2n) is 4.01. The largest absolute Gasteiger partial charge is 0.519 e. The molecule has 2 rings (SSSR count). The van der Waals surface area contributed by atoms with Crippen LogP contribution in [0.15, 0.2) is 30.3 Å². The van der Waals surface area contributed by atoms with E-state index < -0.39 is 6.16 Å². The molecule has 2 aromatic carbocycles. The van der Waals surface area contributed by atoms with Gasteiger partial charge < -0.3 is 9.47 Å². The molecule has 0 aliphatic heterocycles. The molecule has 0 amide bonds. The van der Waals surface area contributed by atoms with E-state index in [1.807, 2.05) is 0 Å². The molecule has 21 heavy (non-hydrogen) atoms. The summed E-state index contributed by atoms with van der Waals surface area (Å²) in [5.41, 5.74) is 0.694. The Labute approximate surface area is 141 Å². The van der Waals surface area contributed by atoms with E-state index in [1.165, 1.54) is 12.1 Å². The van der Waals surface area contributed by atoms with Crippen LogP contribution in [-0.4, -0.2) is 6.16 Å². The standard InChI is InChI=1S/C14H8Cl4O3/c1-7-3-2-4-9(16)13(7)21-14(19)20-10-6-5-8(15)11(17)12(10)18/h2-6H,1H3. The topological polar surface area (TPSA) is 35.5 Å². The van der Waals surface area contributed by atoms with Crippen molar-refractivity contribution in [3.63, 3.8) is 0 Å². The first-order valence-electron chi connectivity index (χ1n) is 5.68. The van der Waals surface area contributed by atoms with E-state index in [0.717, 1.165) is 0 Å². The minimum absolute atomic E-state index is 0.0250. The number of rotatable bonds is 2. The highest BCUT2D eigenvalue weighted by Crippen LogP contribution is 2.37. The van der Waals surface area contributed by atoms with Crippen molar-refractivity contribution in [3.8, 4) is 11.5 Å². The van der Waals surface area contributed by atoms with Gasteiger partial charge in [-0.1, -0.05) is 58.5 Å². The maximum atomic E-state index is 11.8. The molecule has 0 unspecified atom stereocenters. The minimum atomic E-state index is -0.980. The summed E-state index contributed by atoms with van der Waals surface area (Å²) >= 11 is 23.5. The zero-order valence-corrected chi connectivity index (χ0v) is 13.6. The van der Waals surface area contributed by atoms with E-state index in [2.05, 4.69) is 0 Å². The van der Waals surface area contributed by atoms with Gasteiger partial charge in [-0.3, -0.25) is 0 Å². The van der Waals surface area contributed by atoms with Gasteiger partial charge in [0.15, 0.2) is 11.5 Å². The molecule has 0 saturated heterocycles. The van der Waals surface area contributed by atoms with Gasteiger partial charge in [0, 0.05) is 0 Å². The van der Waals surface area contributed by atoms with Crippen LogP contribution in [0.2, 0.25) is 20.1 Å². The molecule has 0 atom stereocenters. The van der Waals surface area contributed by atoms with Gasteiger partial charge in [0.05, 0.1) is 15.1 Å². The maximum Gasteiger partial charge on any atom is 0.519 e. The first kappa shape index (κ1) is 16.2. The summed E-state index contributed by atoms with van der Waals surface area (Å²) in [7, 11) is 0. The smallest absolute Gasteiger partial charge is 0.393 e. The molecule has 0 fully saturated rings. The number of carbonyl (C=O) groups is 1. The van der Waals surface area contributed by atoms with Crippen molar-refractivity contribution in [1.82, 2.24) is 0 Å². The van der Waals surface area contributed by atoms with Gasteiger partial charge in [0.1, 0.15) is 5.02 Å². The molecule has 3 nitrogen and oxygen atoms in total. The van der Waals surface area contributed by atoms with E-state index >= 15 is 0 Å². The molecule has 110 valence electrons.